The summed E-state index contributed by atoms with van der Waals surface area (Å²) in [5.41, 5.74) is 2.64. The first-order valence-electron chi connectivity index (χ1n) is 9.20. The Labute approximate surface area is 164 Å². The number of amides is 1. The number of carbonyl (C=O) groups is 1. The largest absolute Gasteiger partial charge is 0.350 e. The van der Waals surface area contributed by atoms with E-state index in [2.05, 4.69) is 15.4 Å². The Morgan fingerprint density at radius 1 is 1.21 bits per heavy atom. The Morgan fingerprint density at radius 2 is 1.89 bits per heavy atom. The van der Waals surface area contributed by atoms with E-state index in [1.54, 1.807) is 0 Å². The summed E-state index contributed by atoms with van der Waals surface area (Å²) in [5.74, 6) is 0.0117. The maximum atomic E-state index is 12.2. The van der Waals surface area contributed by atoms with E-state index in [4.69, 9.17) is 9.57 Å². The van der Waals surface area contributed by atoms with Crippen LogP contribution in [0.25, 0.3) is 0 Å². The van der Waals surface area contributed by atoms with Gasteiger partial charge in [0, 0.05) is 65.7 Å². The third-order valence-corrected chi connectivity index (χ3v) is 6.57. The highest BCUT2D eigenvalue weighted by molar-refractivity contribution is 7.86. The van der Waals surface area contributed by atoms with Gasteiger partial charge in [-0.05, 0) is 12.8 Å². The number of aromatic nitrogens is 2. The van der Waals surface area contributed by atoms with Crippen LogP contribution in [0.5, 0.6) is 0 Å². The van der Waals surface area contributed by atoms with Crippen molar-refractivity contribution in [2.75, 3.05) is 51.8 Å². The standard InChI is InChI=1S/C16H26N6O5S/c1-20(2)28(24,25)22-8-6-21(7-9-22)16-17-11-13(12-18-16)15(23)19-27-14-5-3-4-10-26-14/h11-12,14H,3-10H2,1-2H3,(H,19,23). The van der Waals surface area contributed by atoms with Crippen molar-refractivity contribution in [1.29, 1.82) is 0 Å². The number of hydroxylamine groups is 1. The summed E-state index contributed by atoms with van der Waals surface area (Å²) < 4.78 is 32.3. The van der Waals surface area contributed by atoms with E-state index >= 15 is 0 Å². The molecule has 28 heavy (non-hydrogen) atoms. The van der Waals surface area contributed by atoms with Gasteiger partial charge in [-0.3, -0.25) is 4.79 Å². The number of ether oxygens (including phenoxy) is 1. The van der Waals surface area contributed by atoms with E-state index < -0.39 is 22.4 Å². The number of piperazine rings is 1. The molecule has 1 aromatic rings. The normalized spacial score (nSPS) is 21.7. The van der Waals surface area contributed by atoms with Crippen LogP contribution in [0.3, 0.4) is 0 Å². The van der Waals surface area contributed by atoms with Gasteiger partial charge in [-0.1, -0.05) is 0 Å². The van der Waals surface area contributed by atoms with Crippen LogP contribution in [-0.4, -0.2) is 86.1 Å². The zero-order chi connectivity index (χ0) is 20.1. The minimum atomic E-state index is -3.42. The lowest BCUT2D eigenvalue weighted by molar-refractivity contribution is -0.186. The Kier molecular flexibility index (Phi) is 6.78. The maximum absolute atomic E-state index is 12.2. The monoisotopic (exact) mass is 414 g/mol. The number of carbonyl (C=O) groups excluding carboxylic acids is 1. The fraction of sp³-hybridized carbons (Fsp3) is 0.688. The first kappa shape index (κ1) is 20.9. The molecule has 2 saturated heterocycles. The molecular weight excluding hydrogens is 388 g/mol. The van der Waals surface area contributed by atoms with E-state index in [1.807, 2.05) is 4.90 Å². The average Bonchev–Trinajstić information content (AvgIpc) is 2.73. The highest BCUT2D eigenvalue weighted by atomic mass is 32.2. The van der Waals surface area contributed by atoms with Crippen LogP contribution in [0.2, 0.25) is 0 Å². The van der Waals surface area contributed by atoms with Gasteiger partial charge >= 0.3 is 0 Å². The second kappa shape index (κ2) is 9.09. The molecule has 2 aliphatic heterocycles. The quantitative estimate of drug-likeness (QED) is 0.625. The topological polar surface area (TPSA) is 117 Å². The lowest BCUT2D eigenvalue weighted by atomic mass is 10.2. The zero-order valence-corrected chi connectivity index (χ0v) is 16.9. The first-order chi connectivity index (χ1) is 13.4. The number of hydrogen-bond acceptors (Lipinski definition) is 8. The molecule has 11 nitrogen and oxygen atoms in total. The molecule has 0 radical (unpaired) electrons. The predicted molar refractivity (Wildman–Crippen MR) is 101 cm³/mol. The van der Waals surface area contributed by atoms with Crippen molar-refractivity contribution in [2.24, 2.45) is 0 Å². The molecule has 2 fully saturated rings. The predicted octanol–water partition coefficient (Wildman–Crippen LogP) is -0.407. The minimum absolute atomic E-state index is 0.272. The second-order valence-corrected chi connectivity index (χ2v) is 8.94. The highest BCUT2D eigenvalue weighted by Gasteiger charge is 2.29. The summed E-state index contributed by atoms with van der Waals surface area (Å²) in [4.78, 5) is 27.7. The minimum Gasteiger partial charge on any atom is -0.350 e. The summed E-state index contributed by atoms with van der Waals surface area (Å²) in [6.45, 7) is 2.27. The number of nitrogens with zero attached hydrogens (tertiary/aromatic N) is 5. The van der Waals surface area contributed by atoms with Crippen LogP contribution in [0.15, 0.2) is 12.4 Å². The van der Waals surface area contributed by atoms with E-state index in [0.29, 0.717) is 38.7 Å². The van der Waals surface area contributed by atoms with Crippen LogP contribution in [0.4, 0.5) is 5.95 Å². The van der Waals surface area contributed by atoms with Crippen LogP contribution in [0, 0.1) is 0 Å². The molecule has 3 rings (SSSR count). The maximum Gasteiger partial charge on any atom is 0.281 e. The van der Waals surface area contributed by atoms with Crippen LogP contribution >= 0.6 is 0 Å². The first-order valence-corrected chi connectivity index (χ1v) is 10.6. The zero-order valence-electron chi connectivity index (χ0n) is 16.1. The Bertz CT molecular complexity index is 758. The Morgan fingerprint density at radius 3 is 2.46 bits per heavy atom. The molecule has 1 amide bonds. The molecule has 1 atom stereocenters. The van der Waals surface area contributed by atoms with Gasteiger partial charge in [0.1, 0.15) is 0 Å². The fourth-order valence-corrected chi connectivity index (χ4v) is 4.02. The third kappa shape index (κ3) is 4.94. The van der Waals surface area contributed by atoms with Gasteiger partial charge < -0.3 is 9.64 Å². The van der Waals surface area contributed by atoms with Gasteiger partial charge in [0.05, 0.1) is 5.56 Å². The molecule has 12 heteroatoms. The summed E-state index contributed by atoms with van der Waals surface area (Å²) in [5, 5.41) is 0. The summed E-state index contributed by atoms with van der Waals surface area (Å²) in [6.07, 6.45) is 5.16. The summed E-state index contributed by atoms with van der Waals surface area (Å²) >= 11 is 0. The van der Waals surface area contributed by atoms with Crippen molar-refractivity contribution in [1.82, 2.24) is 24.1 Å². The molecule has 3 heterocycles. The lowest BCUT2D eigenvalue weighted by Crippen LogP contribution is -2.52. The smallest absolute Gasteiger partial charge is 0.281 e. The SMILES string of the molecule is CN(C)S(=O)(=O)N1CCN(c2ncc(C(=O)NOC3CCCCO3)cn2)CC1. The fourth-order valence-electron chi connectivity index (χ4n) is 2.93. The van der Waals surface area contributed by atoms with Crippen molar-refractivity contribution in [3.8, 4) is 0 Å². The molecule has 0 aliphatic carbocycles. The molecule has 2 aliphatic rings. The van der Waals surface area contributed by atoms with Gasteiger partial charge in [0.2, 0.25) is 5.95 Å². The van der Waals surface area contributed by atoms with E-state index in [0.717, 1.165) is 19.3 Å². The number of rotatable bonds is 6. The number of nitrogens with one attached hydrogen (secondary N) is 1. The molecule has 0 saturated carbocycles. The van der Waals surface area contributed by atoms with E-state index in [9.17, 15) is 13.2 Å². The molecular formula is C16H26N6O5S. The van der Waals surface area contributed by atoms with E-state index in [1.165, 1.54) is 35.1 Å². The number of hydrogen-bond donors (Lipinski definition) is 1. The molecule has 1 unspecified atom stereocenters. The average molecular weight is 414 g/mol. The van der Waals surface area contributed by atoms with Gasteiger partial charge in [0.25, 0.3) is 16.1 Å². The van der Waals surface area contributed by atoms with Crippen LogP contribution < -0.4 is 10.4 Å². The molecule has 1 N–H and O–H groups in total. The van der Waals surface area contributed by atoms with Crippen molar-refractivity contribution >= 4 is 22.1 Å². The Balaban J connectivity index is 1.51. The van der Waals surface area contributed by atoms with Crippen molar-refractivity contribution in [3.63, 3.8) is 0 Å². The van der Waals surface area contributed by atoms with Crippen LogP contribution in [-0.2, 0) is 19.8 Å². The van der Waals surface area contributed by atoms with Crippen molar-refractivity contribution in [2.45, 2.75) is 25.6 Å². The van der Waals surface area contributed by atoms with Gasteiger partial charge in [-0.25, -0.2) is 20.3 Å². The van der Waals surface area contributed by atoms with Crippen molar-refractivity contribution < 1.29 is 22.8 Å². The van der Waals surface area contributed by atoms with E-state index in [-0.39, 0.29) is 5.56 Å². The summed E-state index contributed by atoms with van der Waals surface area (Å²) in [7, 11) is -0.392. The molecule has 0 bridgehead atoms. The molecule has 0 aromatic carbocycles. The van der Waals surface area contributed by atoms with Crippen molar-refractivity contribution in [3.05, 3.63) is 18.0 Å². The van der Waals surface area contributed by atoms with Crippen LogP contribution in [0.1, 0.15) is 29.6 Å². The van der Waals surface area contributed by atoms with Gasteiger partial charge in [0.15, 0.2) is 6.29 Å². The lowest BCUT2D eigenvalue weighted by Gasteiger charge is -2.35. The molecule has 156 valence electrons. The Hall–Kier alpha value is -1.86. The second-order valence-electron chi connectivity index (χ2n) is 6.79. The number of anilines is 1. The van der Waals surface area contributed by atoms with Gasteiger partial charge in [-0.2, -0.15) is 17.0 Å². The molecule has 0 spiro atoms. The third-order valence-electron chi connectivity index (χ3n) is 4.63. The summed E-state index contributed by atoms with van der Waals surface area (Å²) in [6, 6.07) is 0. The van der Waals surface area contributed by atoms with Gasteiger partial charge in [-0.15, -0.1) is 0 Å². The molecule has 1 aromatic heterocycles. The highest BCUT2D eigenvalue weighted by Crippen LogP contribution is 2.15.